The van der Waals surface area contributed by atoms with Crippen LogP contribution in [0.15, 0.2) is 48.7 Å². The van der Waals surface area contributed by atoms with Crippen LogP contribution in [0.5, 0.6) is 0 Å². The Bertz CT molecular complexity index is 1080. The van der Waals surface area contributed by atoms with Crippen LogP contribution in [0.2, 0.25) is 0 Å². The molecule has 1 atom stereocenters. The van der Waals surface area contributed by atoms with Gasteiger partial charge < -0.3 is 11.1 Å². The molecule has 1 aromatic heterocycles. The number of nitrogens with zero attached hydrogens (tertiary/aromatic N) is 1. The molecular weight excluding hydrogens is 396 g/mol. The van der Waals surface area contributed by atoms with Gasteiger partial charge in [0.05, 0.1) is 5.54 Å². The van der Waals surface area contributed by atoms with Crippen molar-refractivity contribution < 1.29 is 18.4 Å². The molecular formula is C21H17F2N3O2S. The Hall–Kier alpha value is -3.13. The number of carbonyl (C=O) groups is 2. The number of halogens is 2. The second-order valence-corrected chi connectivity index (χ2v) is 7.90. The summed E-state index contributed by atoms with van der Waals surface area (Å²) in [6.07, 6.45) is 2.64. The number of hydrogen-bond donors (Lipinski definition) is 2. The maximum atomic E-state index is 14.4. The van der Waals surface area contributed by atoms with Gasteiger partial charge in [-0.2, -0.15) is 0 Å². The summed E-state index contributed by atoms with van der Waals surface area (Å²) in [6.45, 7) is 0. The van der Waals surface area contributed by atoms with E-state index in [0.717, 1.165) is 23.2 Å². The van der Waals surface area contributed by atoms with Gasteiger partial charge in [0.25, 0.3) is 5.91 Å². The van der Waals surface area contributed by atoms with Gasteiger partial charge in [-0.15, -0.1) is 0 Å². The molecule has 1 aliphatic carbocycles. The van der Waals surface area contributed by atoms with Crippen molar-refractivity contribution >= 4 is 23.3 Å². The van der Waals surface area contributed by atoms with Crippen molar-refractivity contribution in [1.82, 2.24) is 9.69 Å². The standard InChI is InChI=1S/C21H17F2N3O2S/c22-14-9-16-15(17(23)10-14)5-7-21(16,26-20(28)18-6-8-25-29-18)11-12-1-3-13(4-2-12)19(24)27/h1-4,6,8-10H,5,7,11H2,(H2,24,27)(H,26,28)/t21-/m1/s1. The summed E-state index contributed by atoms with van der Waals surface area (Å²) in [7, 11) is 0. The van der Waals surface area contributed by atoms with E-state index in [1.54, 1.807) is 30.3 Å². The molecule has 0 saturated carbocycles. The highest BCUT2D eigenvalue weighted by molar-refractivity contribution is 7.08. The Balaban J connectivity index is 1.75. The molecule has 3 aromatic rings. The Morgan fingerprint density at radius 3 is 2.59 bits per heavy atom. The first-order valence-corrected chi connectivity index (χ1v) is 9.76. The van der Waals surface area contributed by atoms with Crippen LogP contribution in [0.3, 0.4) is 0 Å². The highest BCUT2D eigenvalue weighted by Gasteiger charge is 2.42. The SMILES string of the molecule is NC(=O)c1ccc(C[C@]2(NC(=O)c3ccns3)CCc3c(F)cc(F)cc32)cc1. The van der Waals surface area contributed by atoms with Crippen molar-refractivity contribution in [3.05, 3.63) is 87.4 Å². The van der Waals surface area contributed by atoms with Crippen LogP contribution in [0, 0.1) is 11.6 Å². The van der Waals surface area contributed by atoms with E-state index in [4.69, 9.17) is 5.73 Å². The zero-order chi connectivity index (χ0) is 20.6. The van der Waals surface area contributed by atoms with Crippen LogP contribution < -0.4 is 11.1 Å². The predicted octanol–water partition coefficient (Wildman–Crippen LogP) is 3.33. The smallest absolute Gasteiger partial charge is 0.263 e. The van der Waals surface area contributed by atoms with Gasteiger partial charge in [0.15, 0.2) is 0 Å². The molecule has 4 rings (SSSR count). The highest BCUT2D eigenvalue weighted by Crippen LogP contribution is 2.41. The number of carbonyl (C=O) groups excluding carboxylic acids is 2. The zero-order valence-electron chi connectivity index (χ0n) is 15.2. The molecule has 0 radical (unpaired) electrons. The quantitative estimate of drug-likeness (QED) is 0.673. The van der Waals surface area contributed by atoms with Crippen LogP contribution >= 0.6 is 11.5 Å². The molecule has 0 spiro atoms. The van der Waals surface area contributed by atoms with Crippen LogP contribution in [0.1, 0.15) is 43.1 Å². The maximum absolute atomic E-state index is 14.4. The summed E-state index contributed by atoms with van der Waals surface area (Å²) in [4.78, 5) is 24.5. The molecule has 0 aliphatic heterocycles. The lowest BCUT2D eigenvalue weighted by Gasteiger charge is -2.32. The Morgan fingerprint density at radius 2 is 1.93 bits per heavy atom. The zero-order valence-corrected chi connectivity index (χ0v) is 16.1. The van der Waals surface area contributed by atoms with Crippen molar-refractivity contribution in [2.24, 2.45) is 5.73 Å². The fraction of sp³-hybridized carbons (Fsp3) is 0.190. The number of primary amides is 1. The van der Waals surface area contributed by atoms with Gasteiger partial charge in [-0.25, -0.2) is 13.2 Å². The third-order valence-electron chi connectivity index (χ3n) is 5.24. The van der Waals surface area contributed by atoms with Gasteiger partial charge in [-0.3, -0.25) is 9.59 Å². The molecule has 0 bridgehead atoms. The Labute approximate surface area is 169 Å². The van der Waals surface area contributed by atoms with Crippen LogP contribution in [-0.2, 0) is 18.4 Å². The van der Waals surface area contributed by atoms with Crippen LogP contribution in [0.25, 0.3) is 0 Å². The lowest BCUT2D eigenvalue weighted by atomic mass is 9.84. The van der Waals surface area contributed by atoms with E-state index in [9.17, 15) is 18.4 Å². The first-order valence-electron chi connectivity index (χ1n) is 8.98. The van der Waals surface area contributed by atoms with E-state index in [0.29, 0.717) is 40.8 Å². The van der Waals surface area contributed by atoms with Crippen LogP contribution in [0.4, 0.5) is 8.78 Å². The first-order chi connectivity index (χ1) is 13.9. The molecule has 1 aliphatic rings. The fourth-order valence-corrected chi connectivity index (χ4v) is 4.35. The topological polar surface area (TPSA) is 85.1 Å². The molecule has 0 unspecified atom stereocenters. The molecule has 148 valence electrons. The summed E-state index contributed by atoms with van der Waals surface area (Å²) in [5.41, 5.74) is 6.32. The van der Waals surface area contributed by atoms with Crippen molar-refractivity contribution in [2.75, 3.05) is 0 Å². The second kappa shape index (κ2) is 7.36. The average Bonchev–Trinajstić information content (AvgIpc) is 3.32. The molecule has 8 heteroatoms. The number of benzene rings is 2. The third-order valence-corrected chi connectivity index (χ3v) is 5.98. The van der Waals surface area contributed by atoms with Crippen molar-refractivity contribution in [3.63, 3.8) is 0 Å². The van der Waals surface area contributed by atoms with Crippen molar-refractivity contribution in [2.45, 2.75) is 24.8 Å². The predicted molar refractivity (Wildman–Crippen MR) is 105 cm³/mol. The van der Waals surface area contributed by atoms with Gasteiger partial charge in [0.1, 0.15) is 16.5 Å². The maximum Gasteiger partial charge on any atom is 0.263 e. The summed E-state index contributed by atoms with van der Waals surface area (Å²) in [5.74, 6) is -2.19. The molecule has 0 saturated heterocycles. The second-order valence-electron chi connectivity index (χ2n) is 7.06. The van der Waals surface area contributed by atoms with Gasteiger partial charge >= 0.3 is 0 Å². The lowest BCUT2D eigenvalue weighted by Crippen LogP contribution is -2.46. The number of aromatic nitrogens is 1. The van der Waals surface area contributed by atoms with E-state index in [1.165, 1.54) is 12.3 Å². The Kier molecular flexibility index (Phi) is 4.87. The molecule has 29 heavy (non-hydrogen) atoms. The minimum atomic E-state index is -0.979. The van der Waals surface area contributed by atoms with E-state index < -0.39 is 23.1 Å². The minimum Gasteiger partial charge on any atom is -0.366 e. The summed E-state index contributed by atoms with van der Waals surface area (Å²) in [6, 6.07) is 10.4. The summed E-state index contributed by atoms with van der Waals surface area (Å²) >= 11 is 1.05. The average molecular weight is 413 g/mol. The number of hydrogen-bond acceptors (Lipinski definition) is 4. The van der Waals surface area contributed by atoms with Gasteiger partial charge in [-0.1, -0.05) is 12.1 Å². The number of rotatable bonds is 5. The molecule has 2 aromatic carbocycles. The summed E-state index contributed by atoms with van der Waals surface area (Å²) < 4.78 is 32.4. The number of nitrogens with one attached hydrogen (secondary N) is 1. The van der Waals surface area contributed by atoms with E-state index >= 15 is 0 Å². The summed E-state index contributed by atoms with van der Waals surface area (Å²) in [5, 5.41) is 3.00. The molecule has 1 heterocycles. The molecule has 2 amide bonds. The van der Waals surface area contributed by atoms with Crippen LogP contribution in [-0.4, -0.2) is 16.2 Å². The van der Waals surface area contributed by atoms with Crippen molar-refractivity contribution in [1.29, 1.82) is 0 Å². The fourth-order valence-electron chi connectivity index (χ4n) is 3.86. The molecule has 3 N–H and O–H groups in total. The molecule has 0 fully saturated rings. The number of nitrogens with two attached hydrogens (primary N) is 1. The monoisotopic (exact) mass is 413 g/mol. The van der Waals surface area contributed by atoms with Gasteiger partial charge in [0.2, 0.25) is 5.91 Å². The third kappa shape index (κ3) is 3.63. The number of fused-ring (bicyclic) bond motifs is 1. The molecule has 5 nitrogen and oxygen atoms in total. The van der Waals surface area contributed by atoms with E-state index in [2.05, 4.69) is 9.69 Å². The minimum absolute atomic E-state index is 0.312. The highest BCUT2D eigenvalue weighted by atomic mass is 32.1. The Morgan fingerprint density at radius 1 is 1.17 bits per heavy atom. The first kappa shape index (κ1) is 19.2. The lowest BCUT2D eigenvalue weighted by molar-refractivity contribution is 0.0899. The largest absolute Gasteiger partial charge is 0.366 e. The van der Waals surface area contributed by atoms with Gasteiger partial charge in [-0.05, 0) is 71.8 Å². The van der Waals surface area contributed by atoms with E-state index in [-0.39, 0.29) is 5.91 Å². The number of amides is 2. The van der Waals surface area contributed by atoms with E-state index in [1.807, 2.05) is 0 Å². The van der Waals surface area contributed by atoms with Gasteiger partial charge in [0, 0.05) is 17.8 Å². The van der Waals surface area contributed by atoms with Crippen molar-refractivity contribution in [3.8, 4) is 0 Å². The normalized spacial score (nSPS) is 17.7.